The molecule has 1 aliphatic heterocycles. The molecule has 2 heterocycles. The van der Waals surface area contributed by atoms with E-state index in [9.17, 15) is 9.59 Å². The van der Waals surface area contributed by atoms with Gasteiger partial charge in [-0.2, -0.15) is 0 Å². The summed E-state index contributed by atoms with van der Waals surface area (Å²) in [6.07, 6.45) is 1.79. The quantitative estimate of drug-likeness (QED) is 0.517. The van der Waals surface area contributed by atoms with Gasteiger partial charge in [-0.3, -0.25) is 9.59 Å². The Hall–Kier alpha value is -3.13. The van der Waals surface area contributed by atoms with Gasteiger partial charge in [-0.15, -0.1) is 10.2 Å². The van der Waals surface area contributed by atoms with E-state index in [1.807, 2.05) is 78.8 Å². The van der Waals surface area contributed by atoms with E-state index in [4.69, 9.17) is 0 Å². The fourth-order valence-electron chi connectivity index (χ4n) is 4.22. The van der Waals surface area contributed by atoms with Crippen molar-refractivity contribution in [2.45, 2.75) is 51.4 Å². The Balaban J connectivity index is 1.46. The van der Waals surface area contributed by atoms with Gasteiger partial charge in [0.15, 0.2) is 11.0 Å². The number of thioether (sulfide) groups is 1. The molecule has 33 heavy (non-hydrogen) atoms. The molecule has 1 N–H and O–H groups in total. The van der Waals surface area contributed by atoms with Gasteiger partial charge >= 0.3 is 0 Å². The molecule has 1 saturated heterocycles. The summed E-state index contributed by atoms with van der Waals surface area (Å²) in [6, 6.07) is 15.3. The average molecular weight is 464 g/mol. The third-order valence-corrected chi connectivity index (χ3v) is 6.74. The number of carbonyl (C=O) groups is 2. The number of hydrogen-bond donors (Lipinski definition) is 1. The molecule has 1 aliphatic rings. The molecule has 3 aromatic rings. The van der Waals surface area contributed by atoms with Gasteiger partial charge in [0.25, 0.3) is 5.91 Å². The van der Waals surface area contributed by atoms with Crippen molar-refractivity contribution in [1.82, 2.24) is 19.7 Å². The molecule has 2 amide bonds. The smallest absolute Gasteiger partial charge is 0.254 e. The highest BCUT2D eigenvalue weighted by molar-refractivity contribution is 7.99. The molecule has 0 spiro atoms. The summed E-state index contributed by atoms with van der Waals surface area (Å²) in [5.41, 5.74) is 3.65. The van der Waals surface area contributed by atoms with E-state index in [-0.39, 0.29) is 23.6 Å². The van der Waals surface area contributed by atoms with Crippen molar-refractivity contribution in [1.29, 1.82) is 0 Å². The van der Waals surface area contributed by atoms with Crippen molar-refractivity contribution in [3.8, 4) is 0 Å². The fraction of sp³-hybridized carbons (Fsp3) is 0.360. The van der Waals surface area contributed by atoms with Gasteiger partial charge < -0.3 is 14.8 Å². The van der Waals surface area contributed by atoms with Crippen LogP contribution in [0.4, 0.5) is 5.69 Å². The summed E-state index contributed by atoms with van der Waals surface area (Å²) in [4.78, 5) is 27.6. The number of likely N-dealkylation sites (tertiary alicyclic amines) is 1. The summed E-state index contributed by atoms with van der Waals surface area (Å²) in [7, 11) is 0. The zero-order valence-electron chi connectivity index (χ0n) is 19.2. The lowest BCUT2D eigenvalue weighted by atomic mass is 10.1. The topological polar surface area (TPSA) is 80.1 Å². The van der Waals surface area contributed by atoms with Crippen LogP contribution in [-0.2, 0) is 11.3 Å². The van der Waals surface area contributed by atoms with Crippen LogP contribution < -0.4 is 5.32 Å². The molecule has 7 nitrogen and oxygen atoms in total. The van der Waals surface area contributed by atoms with Crippen molar-refractivity contribution in [3.63, 3.8) is 0 Å². The number of nitrogens with one attached hydrogen (secondary N) is 1. The van der Waals surface area contributed by atoms with E-state index >= 15 is 0 Å². The third kappa shape index (κ3) is 5.27. The molecule has 0 bridgehead atoms. The Morgan fingerprint density at radius 2 is 1.85 bits per heavy atom. The number of carbonyl (C=O) groups excluding carboxylic acids is 2. The van der Waals surface area contributed by atoms with Crippen molar-refractivity contribution < 1.29 is 9.59 Å². The van der Waals surface area contributed by atoms with Crippen molar-refractivity contribution >= 4 is 29.3 Å². The van der Waals surface area contributed by atoms with Crippen LogP contribution in [0.25, 0.3) is 0 Å². The maximum absolute atomic E-state index is 13.2. The summed E-state index contributed by atoms with van der Waals surface area (Å²) in [6.45, 7) is 7.39. The van der Waals surface area contributed by atoms with Crippen LogP contribution >= 0.6 is 11.8 Å². The van der Waals surface area contributed by atoms with Crippen LogP contribution in [0.5, 0.6) is 0 Å². The summed E-state index contributed by atoms with van der Waals surface area (Å²) >= 11 is 1.36. The van der Waals surface area contributed by atoms with E-state index in [0.29, 0.717) is 23.8 Å². The highest BCUT2D eigenvalue weighted by Crippen LogP contribution is 2.34. The standard InChI is InChI=1S/C25H29N5O2S/c1-4-29-23(21-12-7-13-30(21)24(32)19-10-5-8-17(2)14-19)27-28-25(29)33-16-22(31)26-20-11-6-9-18(3)15-20/h5-6,8-11,14-15,21H,4,7,12-13,16H2,1-3H3,(H,26,31). The number of hydrogen-bond acceptors (Lipinski definition) is 5. The molecule has 0 saturated carbocycles. The Morgan fingerprint density at radius 3 is 2.58 bits per heavy atom. The Labute approximate surface area is 198 Å². The van der Waals surface area contributed by atoms with Crippen LogP contribution in [0.1, 0.15) is 53.1 Å². The molecule has 0 aliphatic carbocycles. The summed E-state index contributed by atoms with van der Waals surface area (Å²) < 4.78 is 2.02. The Kier molecular flexibility index (Phi) is 7.13. The van der Waals surface area contributed by atoms with Gasteiger partial charge in [0.05, 0.1) is 11.8 Å². The monoisotopic (exact) mass is 463 g/mol. The lowest BCUT2D eigenvalue weighted by Gasteiger charge is -2.24. The molecular formula is C25H29N5O2S. The second-order valence-corrected chi connectivity index (χ2v) is 9.26. The zero-order valence-corrected chi connectivity index (χ0v) is 20.1. The number of amides is 2. The lowest BCUT2D eigenvalue weighted by molar-refractivity contribution is -0.113. The number of benzene rings is 2. The van der Waals surface area contributed by atoms with E-state index in [1.54, 1.807) is 0 Å². The minimum atomic E-state index is -0.110. The van der Waals surface area contributed by atoms with Gasteiger partial charge in [-0.1, -0.05) is 41.6 Å². The van der Waals surface area contributed by atoms with Crippen LogP contribution in [0.3, 0.4) is 0 Å². The first kappa shape index (κ1) is 23.0. The normalized spacial score (nSPS) is 15.6. The van der Waals surface area contributed by atoms with E-state index in [1.165, 1.54) is 11.8 Å². The van der Waals surface area contributed by atoms with Crippen molar-refractivity contribution in [2.24, 2.45) is 0 Å². The van der Waals surface area contributed by atoms with Gasteiger partial charge in [-0.05, 0) is 63.4 Å². The molecule has 1 aromatic heterocycles. The number of aromatic nitrogens is 3. The van der Waals surface area contributed by atoms with Gasteiger partial charge in [-0.25, -0.2) is 0 Å². The second-order valence-electron chi connectivity index (χ2n) is 8.32. The van der Waals surface area contributed by atoms with E-state index in [2.05, 4.69) is 15.5 Å². The lowest BCUT2D eigenvalue weighted by Crippen LogP contribution is -2.32. The third-order valence-electron chi connectivity index (χ3n) is 5.77. The summed E-state index contributed by atoms with van der Waals surface area (Å²) in [5, 5.41) is 12.4. The fourth-order valence-corrected chi connectivity index (χ4v) is 5.03. The first-order chi connectivity index (χ1) is 16.0. The predicted molar refractivity (Wildman–Crippen MR) is 130 cm³/mol. The minimum absolute atomic E-state index is 0.0265. The molecule has 2 aromatic carbocycles. The van der Waals surface area contributed by atoms with E-state index < -0.39 is 0 Å². The highest BCUT2D eigenvalue weighted by Gasteiger charge is 2.34. The highest BCUT2D eigenvalue weighted by atomic mass is 32.2. The molecule has 0 radical (unpaired) electrons. The number of aryl methyl sites for hydroxylation is 2. The predicted octanol–water partition coefficient (Wildman–Crippen LogP) is 4.62. The van der Waals surface area contributed by atoms with E-state index in [0.717, 1.165) is 35.5 Å². The maximum atomic E-state index is 13.2. The average Bonchev–Trinajstić information content (AvgIpc) is 3.43. The van der Waals surface area contributed by atoms with Crippen molar-refractivity contribution in [3.05, 3.63) is 71.0 Å². The molecule has 4 rings (SSSR count). The SMILES string of the molecule is CCn1c(SCC(=O)Nc2cccc(C)c2)nnc1C1CCCN1C(=O)c1cccc(C)c1. The largest absolute Gasteiger partial charge is 0.328 e. The van der Waals surface area contributed by atoms with Crippen LogP contribution in [0, 0.1) is 13.8 Å². The first-order valence-electron chi connectivity index (χ1n) is 11.3. The molecular weight excluding hydrogens is 434 g/mol. The summed E-state index contributed by atoms with van der Waals surface area (Å²) in [5.74, 6) is 0.967. The minimum Gasteiger partial charge on any atom is -0.328 e. The molecule has 1 unspecified atom stereocenters. The molecule has 172 valence electrons. The number of anilines is 1. The van der Waals surface area contributed by atoms with Crippen LogP contribution in [0.15, 0.2) is 53.7 Å². The van der Waals surface area contributed by atoms with Crippen LogP contribution in [0.2, 0.25) is 0 Å². The van der Waals surface area contributed by atoms with Gasteiger partial charge in [0, 0.05) is 24.3 Å². The van der Waals surface area contributed by atoms with Crippen molar-refractivity contribution in [2.75, 3.05) is 17.6 Å². The maximum Gasteiger partial charge on any atom is 0.254 e. The van der Waals surface area contributed by atoms with Gasteiger partial charge in [0.2, 0.25) is 5.91 Å². The first-order valence-corrected chi connectivity index (χ1v) is 12.2. The number of rotatable bonds is 7. The molecule has 8 heteroatoms. The Morgan fingerprint density at radius 1 is 1.09 bits per heavy atom. The van der Waals surface area contributed by atoms with Gasteiger partial charge in [0.1, 0.15) is 0 Å². The molecule has 1 atom stereocenters. The number of nitrogens with zero attached hydrogens (tertiary/aromatic N) is 4. The second kappa shape index (κ2) is 10.2. The Bertz CT molecular complexity index is 1160. The zero-order chi connectivity index (χ0) is 23.4. The molecule has 1 fully saturated rings. The van der Waals surface area contributed by atoms with Crippen LogP contribution in [-0.4, -0.2) is 43.8 Å².